The van der Waals surface area contributed by atoms with Crippen LogP contribution in [0.2, 0.25) is 0 Å². The Labute approximate surface area is 158 Å². The molecule has 146 valence electrons. The van der Waals surface area contributed by atoms with E-state index in [1.165, 1.54) is 18.3 Å². The van der Waals surface area contributed by atoms with E-state index in [1.54, 1.807) is 19.1 Å². The third kappa shape index (κ3) is 3.81. The molecular weight excluding hydrogens is 395 g/mol. The molecular formula is C18H14F3N3O3S. The highest BCUT2D eigenvalue weighted by Gasteiger charge is 2.27. The van der Waals surface area contributed by atoms with Gasteiger partial charge in [0, 0.05) is 12.3 Å². The molecule has 1 aromatic carbocycles. The summed E-state index contributed by atoms with van der Waals surface area (Å²) in [6, 6.07) is 6.08. The number of pyridine rings is 2. The number of carbonyl (C=O) groups excluding carboxylic acids is 1. The van der Waals surface area contributed by atoms with Crippen molar-refractivity contribution in [1.82, 2.24) is 9.97 Å². The average Bonchev–Trinajstić information content (AvgIpc) is 2.65. The Bertz CT molecular complexity index is 1180. The first-order chi connectivity index (χ1) is 13.2. The highest BCUT2D eigenvalue weighted by atomic mass is 32.2. The number of carbonyl (C=O) groups is 1. The van der Waals surface area contributed by atoms with E-state index in [9.17, 15) is 26.4 Å². The number of fused-ring (bicyclic) bond motifs is 1. The highest BCUT2D eigenvalue weighted by Crippen LogP contribution is 2.27. The van der Waals surface area contributed by atoms with Crippen molar-refractivity contribution in [2.24, 2.45) is 0 Å². The largest absolute Gasteiger partial charge is 0.287 e. The van der Waals surface area contributed by atoms with E-state index in [4.69, 9.17) is 0 Å². The second kappa shape index (κ2) is 7.55. The van der Waals surface area contributed by atoms with E-state index in [2.05, 4.69) is 9.97 Å². The molecule has 2 heterocycles. The van der Waals surface area contributed by atoms with Crippen LogP contribution in [0.5, 0.6) is 0 Å². The van der Waals surface area contributed by atoms with Gasteiger partial charge in [0.15, 0.2) is 17.5 Å². The molecule has 0 aliphatic heterocycles. The Balaban J connectivity index is 2.10. The molecule has 0 atom stereocenters. The molecule has 0 saturated carbocycles. The van der Waals surface area contributed by atoms with Crippen LogP contribution in [0.4, 0.5) is 18.9 Å². The number of nitrogens with one attached hydrogen (secondary N) is 1. The summed E-state index contributed by atoms with van der Waals surface area (Å²) in [6.07, 6.45) is 1.73. The summed E-state index contributed by atoms with van der Waals surface area (Å²) in [4.78, 5) is 20.6. The van der Waals surface area contributed by atoms with Crippen LogP contribution in [0.25, 0.3) is 11.0 Å². The molecule has 1 N–H and O–H groups in total. The smallest absolute Gasteiger partial charge is 0.232 e. The van der Waals surface area contributed by atoms with Gasteiger partial charge in [-0.25, -0.2) is 26.6 Å². The molecule has 10 heteroatoms. The lowest BCUT2D eigenvalue weighted by molar-refractivity contribution is 0.102. The summed E-state index contributed by atoms with van der Waals surface area (Å²) < 4.78 is 68.4. The van der Waals surface area contributed by atoms with Gasteiger partial charge in [-0.2, -0.15) is 0 Å². The highest BCUT2D eigenvalue weighted by molar-refractivity contribution is 7.92. The molecule has 0 aliphatic rings. The zero-order chi connectivity index (χ0) is 20.5. The van der Waals surface area contributed by atoms with Crippen molar-refractivity contribution in [1.29, 1.82) is 0 Å². The molecule has 0 unspecified atom stereocenters. The number of aromatic nitrogens is 2. The van der Waals surface area contributed by atoms with Gasteiger partial charge in [-0.3, -0.25) is 14.5 Å². The number of halogens is 3. The quantitative estimate of drug-likeness (QED) is 0.498. The van der Waals surface area contributed by atoms with Crippen LogP contribution in [0.15, 0.2) is 36.5 Å². The predicted molar refractivity (Wildman–Crippen MR) is 97.0 cm³/mol. The third-order valence-corrected chi connectivity index (χ3v) is 5.29. The van der Waals surface area contributed by atoms with Gasteiger partial charge in [0.1, 0.15) is 11.3 Å². The molecule has 0 bridgehead atoms. The lowest BCUT2D eigenvalue weighted by Gasteiger charge is -2.12. The molecule has 3 aromatic rings. The van der Waals surface area contributed by atoms with Crippen LogP contribution >= 0.6 is 0 Å². The first kappa shape index (κ1) is 19.7. The number of sulfonamides is 1. The fraction of sp³-hybridized carbons (Fsp3) is 0.167. The topological polar surface area (TPSA) is 89.0 Å². The maximum absolute atomic E-state index is 14.7. The Kier molecular flexibility index (Phi) is 5.32. The van der Waals surface area contributed by atoms with E-state index in [1.807, 2.05) is 4.72 Å². The second-order valence-corrected chi connectivity index (χ2v) is 7.74. The molecule has 0 radical (unpaired) electrons. The molecule has 0 aliphatic carbocycles. The van der Waals surface area contributed by atoms with Crippen LogP contribution in [-0.4, -0.2) is 29.9 Å². The molecule has 0 spiro atoms. The minimum Gasteiger partial charge on any atom is -0.287 e. The zero-order valence-electron chi connectivity index (χ0n) is 14.5. The fourth-order valence-electron chi connectivity index (χ4n) is 2.58. The lowest BCUT2D eigenvalue weighted by atomic mass is 10.0. The van der Waals surface area contributed by atoms with Crippen LogP contribution in [0, 0.1) is 17.5 Å². The lowest BCUT2D eigenvalue weighted by Crippen LogP contribution is -2.19. The maximum atomic E-state index is 14.7. The molecule has 0 amide bonds. The van der Waals surface area contributed by atoms with Gasteiger partial charge in [0.2, 0.25) is 15.8 Å². The number of hydrogen-bond acceptors (Lipinski definition) is 5. The fourth-order valence-corrected chi connectivity index (χ4v) is 3.70. The Morgan fingerprint density at radius 1 is 1.11 bits per heavy atom. The van der Waals surface area contributed by atoms with Crippen molar-refractivity contribution < 1.29 is 26.4 Å². The monoisotopic (exact) mass is 409 g/mol. The van der Waals surface area contributed by atoms with Crippen molar-refractivity contribution in [3.8, 4) is 0 Å². The zero-order valence-corrected chi connectivity index (χ0v) is 15.4. The second-order valence-electron chi connectivity index (χ2n) is 5.90. The molecule has 2 aromatic heterocycles. The average molecular weight is 409 g/mol. The number of nitrogens with zero attached hydrogens (tertiary/aromatic N) is 2. The van der Waals surface area contributed by atoms with Crippen molar-refractivity contribution in [3.63, 3.8) is 0 Å². The van der Waals surface area contributed by atoms with E-state index < -0.39 is 44.5 Å². The first-order valence-corrected chi connectivity index (χ1v) is 9.83. The van der Waals surface area contributed by atoms with Gasteiger partial charge in [0.25, 0.3) is 0 Å². The van der Waals surface area contributed by atoms with Gasteiger partial charge in [-0.05, 0) is 30.7 Å². The SMILES string of the molecule is CCCS(=O)(=O)Nc1cc(F)c(F)c(C(=O)c2ccc3ncccc3n2)c1F. The summed E-state index contributed by atoms with van der Waals surface area (Å²) in [5.74, 6) is -6.39. The molecule has 0 fully saturated rings. The van der Waals surface area contributed by atoms with Crippen LogP contribution < -0.4 is 4.72 Å². The molecule has 3 rings (SSSR count). The number of anilines is 1. The van der Waals surface area contributed by atoms with Crippen LogP contribution in [0.1, 0.15) is 29.4 Å². The number of ketones is 1. The van der Waals surface area contributed by atoms with Crippen LogP contribution in [-0.2, 0) is 10.0 Å². The summed E-state index contributed by atoms with van der Waals surface area (Å²) in [5, 5.41) is 0. The predicted octanol–water partition coefficient (Wildman–Crippen LogP) is 3.43. The molecule has 28 heavy (non-hydrogen) atoms. The van der Waals surface area contributed by atoms with E-state index in [-0.39, 0.29) is 17.9 Å². The summed E-state index contributed by atoms with van der Waals surface area (Å²) >= 11 is 0. The van der Waals surface area contributed by atoms with E-state index in [0.717, 1.165) is 0 Å². The third-order valence-electron chi connectivity index (χ3n) is 3.81. The molecule has 0 saturated heterocycles. The summed E-state index contributed by atoms with van der Waals surface area (Å²) in [5.41, 5.74) is -1.67. The summed E-state index contributed by atoms with van der Waals surface area (Å²) in [7, 11) is -3.99. The summed E-state index contributed by atoms with van der Waals surface area (Å²) in [6.45, 7) is 1.58. The van der Waals surface area contributed by atoms with Crippen molar-refractivity contribution in [2.45, 2.75) is 13.3 Å². The normalized spacial score (nSPS) is 11.6. The standard InChI is InChI=1S/C18H14F3N3O3S/c1-2-8-28(26,27)24-14-9-10(19)16(20)15(17(14)21)18(25)13-6-5-11-12(23-13)4-3-7-22-11/h3-7,9,24H,2,8H2,1H3. The number of rotatable bonds is 6. The van der Waals surface area contributed by atoms with Crippen molar-refractivity contribution in [2.75, 3.05) is 10.5 Å². The first-order valence-electron chi connectivity index (χ1n) is 8.18. The van der Waals surface area contributed by atoms with Crippen molar-refractivity contribution in [3.05, 3.63) is 65.2 Å². The Morgan fingerprint density at radius 3 is 2.57 bits per heavy atom. The van der Waals surface area contributed by atoms with Crippen LogP contribution in [0.3, 0.4) is 0 Å². The van der Waals surface area contributed by atoms with Gasteiger partial charge in [-0.1, -0.05) is 6.92 Å². The van der Waals surface area contributed by atoms with Gasteiger partial charge in [0.05, 0.1) is 22.5 Å². The van der Waals surface area contributed by atoms with Gasteiger partial charge < -0.3 is 0 Å². The van der Waals surface area contributed by atoms with E-state index in [0.29, 0.717) is 17.1 Å². The Hall–Kier alpha value is -3.01. The van der Waals surface area contributed by atoms with E-state index >= 15 is 0 Å². The number of hydrogen-bond donors (Lipinski definition) is 1. The minimum atomic E-state index is -3.99. The maximum Gasteiger partial charge on any atom is 0.232 e. The van der Waals surface area contributed by atoms with Crippen molar-refractivity contribution >= 4 is 32.5 Å². The van der Waals surface area contributed by atoms with Gasteiger partial charge in [-0.15, -0.1) is 0 Å². The minimum absolute atomic E-state index is 0.224. The number of benzene rings is 1. The molecule has 6 nitrogen and oxygen atoms in total. The van der Waals surface area contributed by atoms with Gasteiger partial charge >= 0.3 is 0 Å². The Morgan fingerprint density at radius 2 is 1.86 bits per heavy atom.